The number of carbonyl (C=O) groups is 2. The van der Waals surface area contributed by atoms with E-state index in [0.717, 1.165) is 20.9 Å². The van der Waals surface area contributed by atoms with Crippen molar-refractivity contribution in [2.75, 3.05) is 46.5 Å². The third kappa shape index (κ3) is 9.53. The summed E-state index contributed by atoms with van der Waals surface area (Å²) < 4.78 is 41.3. The van der Waals surface area contributed by atoms with Crippen LogP contribution in [0.5, 0.6) is 11.6 Å². The monoisotopic (exact) mass is 715 g/mol. The van der Waals surface area contributed by atoms with Gasteiger partial charge < -0.3 is 29.9 Å². The lowest BCUT2D eigenvalue weighted by atomic mass is 9.98. The van der Waals surface area contributed by atoms with Crippen molar-refractivity contribution in [1.82, 2.24) is 23.7 Å². The Bertz CT molecular complexity index is 1730. The van der Waals surface area contributed by atoms with Crippen molar-refractivity contribution < 1.29 is 37.7 Å². The Morgan fingerprint density at radius 3 is 2.22 bits per heavy atom. The van der Waals surface area contributed by atoms with Gasteiger partial charge in [0.2, 0.25) is 27.7 Å². The molecule has 4 rings (SSSR count). The summed E-state index contributed by atoms with van der Waals surface area (Å²) in [6.07, 6.45) is -0.0703. The number of nitrogens with one attached hydrogen (secondary N) is 1. The number of amides is 2. The number of nitrogens with zero attached hydrogens (tertiary/aromatic N) is 4. The van der Waals surface area contributed by atoms with E-state index in [4.69, 9.17) is 9.47 Å². The van der Waals surface area contributed by atoms with Gasteiger partial charge in [0, 0.05) is 26.2 Å². The molecule has 0 aliphatic carbocycles. The molecule has 3 N–H and O–H groups in total. The zero-order chi connectivity index (χ0) is 36.6. The number of imidazole rings is 1. The lowest BCUT2D eigenvalue weighted by molar-refractivity contribution is -0.136. The van der Waals surface area contributed by atoms with Gasteiger partial charge in [-0.2, -0.15) is 4.31 Å². The number of carbonyl (C=O) groups excluding carboxylic acids is 2. The minimum atomic E-state index is -4.06. The molecule has 2 amide bonds. The van der Waals surface area contributed by atoms with Crippen molar-refractivity contribution in [3.63, 3.8) is 0 Å². The molecule has 3 aromatic rings. The quantitative estimate of drug-likeness (QED) is 0.200. The number of sulfonamides is 1. The molecule has 1 aromatic heterocycles. The fourth-order valence-electron chi connectivity index (χ4n) is 5.96. The van der Waals surface area contributed by atoms with Crippen LogP contribution in [0.25, 0.3) is 0 Å². The van der Waals surface area contributed by atoms with Crippen LogP contribution in [0.1, 0.15) is 39.3 Å². The van der Waals surface area contributed by atoms with Crippen molar-refractivity contribution in [2.45, 2.75) is 63.7 Å². The molecule has 1 saturated heterocycles. The highest BCUT2D eigenvalue weighted by molar-refractivity contribution is 7.89. The molecule has 1 aliphatic heterocycles. The molecule has 0 unspecified atom stereocenters. The van der Waals surface area contributed by atoms with Gasteiger partial charge in [-0.1, -0.05) is 58.0 Å². The Hall–Kier alpha value is -4.18. The zero-order valence-electron chi connectivity index (χ0n) is 29.3. The van der Waals surface area contributed by atoms with Crippen LogP contribution in [-0.2, 0) is 37.3 Å². The van der Waals surface area contributed by atoms with Crippen LogP contribution in [0.3, 0.4) is 0 Å². The summed E-state index contributed by atoms with van der Waals surface area (Å²) in [4.78, 5) is 42.1. The Morgan fingerprint density at radius 2 is 1.64 bits per heavy atom. The van der Waals surface area contributed by atoms with Crippen LogP contribution in [0.2, 0.25) is 0 Å². The van der Waals surface area contributed by atoms with Gasteiger partial charge >= 0.3 is 5.69 Å². The van der Waals surface area contributed by atoms with E-state index in [-0.39, 0.29) is 36.2 Å². The predicted octanol–water partition coefficient (Wildman–Crippen LogP) is 1.86. The first-order chi connectivity index (χ1) is 23.7. The molecule has 0 bridgehead atoms. The first-order valence-corrected chi connectivity index (χ1v) is 18.2. The van der Waals surface area contributed by atoms with Crippen molar-refractivity contribution in [3.05, 3.63) is 76.8 Å². The second kappa shape index (κ2) is 17.2. The number of hydrogen-bond acceptors (Lipinski definition) is 9. The van der Waals surface area contributed by atoms with Gasteiger partial charge in [0.05, 0.1) is 43.6 Å². The van der Waals surface area contributed by atoms with Gasteiger partial charge in [-0.05, 0) is 48.1 Å². The summed E-state index contributed by atoms with van der Waals surface area (Å²) in [5.74, 6) is -1.50. The Balaban J connectivity index is 1.62. The number of aliphatic hydroxyl groups is 1. The highest BCUT2D eigenvalue weighted by Crippen LogP contribution is 2.24. The van der Waals surface area contributed by atoms with Crippen molar-refractivity contribution in [1.29, 1.82) is 0 Å². The SMILES string of the molecule is COc1ccc(S(=O)(=O)N(CC(C)C)C[C@@H](O)[C@H](Cc2ccccc2)NC(=O)[C@H](C(C)C)n2cc(O)n(CC(=O)N3CCOCC3)c2=O)cc1. The second-order valence-electron chi connectivity index (χ2n) is 13.2. The maximum Gasteiger partial charge on any atom is 0.332 e. The average molecular weight is 716 g/mol. The molecule has 2 aromatic carbocycles. The Kier molecular flexibility index (Phi) is 13.3. The lowest BCUT2D eigenvalue weighted by Crippen LogP contribution is -2.53. The van der Waals surface area contributed by atoms with Crippen LogP contribution in [0.15, 0.2) is 70.5 Å². The minimum Gasteiger partial charge on any atom is -0.497 e. The summed E-state index contributed by atoms with van der Waals surface area (Å²) in [6, 6.07) is 13.0. The number of benzene rings is 2. The van der Waals surface area contributed by atoms with Crippen molar-refractivity contribution in [2.24, 2.45) is 11.8 Å². The van der Waals surface area contributed by atoms with E-state index in [0.29, 0.717) is 32.1 Å². The minimum absolute atomic E-state index is 0.0328. The second-order valence-corrected chi connectivity index (χ2v) is 15.1. The Labute approximate surface area is 293 Å². The van der Waals surface area contributed by atoms with Gasteiger partial charge in [-0.15, -0.1) is 0 Å². The third-order valence-electron chi connectivity index (χ3n) is 8.59. The topological polar surface area (TPSA) is 173 Å². The number of ether oxygens (including phenoxy) is 2. The number of aliphatic hydroxyl groups excluding tert-OH is 1. The maximum atomic E-state index is 14.1. The third-order valence-corrected chi connectivity index (χ3v) is 10.4. The summed E-state index contributed by atoms with van der Waals surface area (Å²) >= 11 is 0. The molecule has 1 fully saturated rings. The molecule has 50 heavy (non-hydrogen) atoms. The van der Waals surface area contributed by atoms with Crippen LogP contribution in [-0.4, -0.2) is 107 Å². The smallest absolute Gasteiger partial charge is 0.332 e. The first-order valence-electron chi connectivity index (χ1n) is 16.8. The number of aromatic nitrogens is 2. The molecule has 15 heteroatoms. The zero-order valence-corrected chi connectivity index (χ0v) is 30.1. The van der Waals surface area contributed by atoms with E-state index in [1.807, 2.05) is 44.2 Å². The van der Waals surface area contributed by atoms with Crippen molar-refractivity contribution >= 4 is 21.8 Å². The lowest BCUT2D eigenvalue weighted by Gasteiger charge is -2.32. The number of methoxy groups -OCH3 is 1. The number of rotatable bonds is 16. The van der Waals surface area contributed by atoms with Crippen molar-refractivity contribution in [3.8, 4) is 11.6 Å². The van der Waals surface area contributed by atoms with Gasteiger partial charge in [-0.3, -0.25) is 18.7 Å². The fraction of sp³-hybridized carbons (Fsp3) is 0.514. The van der Waals surface area contributed by atoms with Gasteiger partial charge in [0.1, 0.15) is 18.3 Å². The van der Waals surface area contributed by atoms with E-state index >= 15 is 0 Å². The molecular weight excluding hydrogens is 666 g/mol. The standard InChI is InChI=1S/C35H49N5O9S/c1-24(2)20-38(50(46,47)28-13-11-27(48-5)12-14-28)21-30(41)29(19-26-9-7-6-8-10-26)36-34(44)33(25(3)4)40-23-32(43)39(35(40)45)22-31(42)37-15-17-49-18-16-37/h6-14,23-25,29-30,33,41,43H,15-22H2,1-5H3,(H,36,44)/t29-,30+,33-/m0/s1. The fourth-order valence-corrected chi connectivity index (χ4v) is 7.58. The first kappa shape index (κ1) is 38.6. The highest BCUT2D eigenvalue weighted by Gasteiger charge is 2.35. The van der Waals surface area contributed by atoms with E-state index in [9.17, 15) is 33.0 Å². The number of aromatic hydroxyl groups is 1. The molecule has 1 aliphatic rings. The highest BCUT2D eigenvalue weighted by atomic mass is 32.2. The van der Waals surface area contributed by atoms with Crippen LogP contribution >= 0.6 is 0 Å². The van der Waals surface area contributed by atoms with E-state index in [1.165, 1.54) is 23.5 Å². The molecule has 274 valence electrons. The summed E-state index contributed by atoms with van der Waals surface area (Å²) in [5.41, 5.74) is 0.0424. The summed E-state index contributed by atoms with van der Waals surface area (Å²) in [5, 5.41) is 25.3. The van der Waals surface area contributed by atoms with Gasteiger partial charge in [0.15, 0.2) is 0 Å². The predicted molar refractivity (Wildman–Crippen MR) is 186 cm³/mol. The molecular formula is C35H49N5O9S. The van der Waals surface area contributed by atoms with Gasteiger partial charge in [0.25, 0.3) is 0 Å². The molecule has 0 radical (unpaired) electrons. The Morgan fingerprint density at radius 1 is 1.00 bits per heavy atom. The van der Waals surface area contributed by atoms with E-state index in [1.54, 1.807) is 30.9 Å². The number of hydrogen-bond donors (Lipinski definition) is 3. The summed E-state index contributed by atoms with van der Waals surface area (Å²) in [6.45, 7) is 8.07. The van der Waals surface area contributed by atoms with Crippen LogP contribution in [0, 0.1) is 11.8 Å². The average Bonchev–Trinajstić information content (AvgIpc) is 3.35. The molecule has 2 heterocycles. The normalized spacial score (nSPS) is 15.7. The van der Waals surface area contributed by atoms with E-state index < -0.39 is 58.2 Å². The number of morpholine rings is 1. The molecule has 0 saturated carbocycles. The van der Waals surface area contributed by atoms with Crippen LogP contribution in [0.4, 0.5) is 0 Å². The largest absolute Gasteiger partial charge is 0.497 e. The molecule has 0 spiro atoms. The van der Waals surface area contributed by atoms with Gasteiger partial charge in [-0.25, -0.2) is 13.2 Å². The van der Waals surface area contributed by atoms with E-state index in [2.05, 4.69) is 5.32 Å². The maximum absolute atomic E-state index is 14.1. The molecule has 14 nitrogen and oxygen atoms in total. The molecule has 3 atom stereocenters. The summed E-state index contributed by atoms with van der Waals surface area (Å²) in [7, 11) is -2.57. The van der Waals surface area contributed by atoms with Crippen LogP contribution < -0.4 is 15.7 Å².